The van der Waals surface area contributed by atoms with Gasteiger partial charge in [-0.2, -0.15) is 0 Å². The number of amides is 1. The van der Waals surface area contributed by atoms with Crippen LogP contribution < -0.4 is 10.1 Å². The fraction of sp³-hybridized carbons (Fsp3) is 0.562. The van der Waals surface area contributed by atoms with Crippen LogP contribution in [0, 0.1) is 0 Å². The molecule has 1 heterocycles. The SMILES string of the molecule is O=C(COc1cc(Cl)cc(Cl)c1)NC1CCN(C2CC2)CC1. The molecule has 1 N–H and O–H groups in total. The molecule has 0 radical (unpaired) electrons. The summed E-state index contributed by atoms with van der Waals surface area (Å²) in [6.45, 7) is 2.15. The van der Waals surface area contributed by atoms with Crippen molar-refractivity contribution in [2.75, 3.05) is 19.7 Å². The number of rotatable bonds is 5. The minimum absolute atomic E-state index is 0.0144. The third-order valence-electron chi connectivity index (χ3n) is 4.16. The first kappa shape index (κ1) is 15.9. The number of piperidine rings is 1. The van der Waals surface area contributed by atoms with Crippen molar-refractivity contribution >= 4 is 29.1 Å². The molecule has 0 spiro atoms. The average molecular weight is 343 g/mol. The summed E-state index contributed by atoms with van der Waals surface area (Å²) in [5, 5.41) is 4.03. The minimum atomic E-state index is -0.0963. The van der Waals surface area contributed by atoms with Gasteiger partial charge in [0.2, 0.25) is 0 Å². The van der Waals surface area contributed by atoms with Crippen molar-refractivity contribution in [3.8, 4) is 5.75 Å². The Hall–Kier alpha value is -0.970. The smallest absolute Gasteiger partial charge is 0.258 e. The summed E-state index contributed by atoms with van der Waals surface area (Å²) < 4.78 is 5.45. The highest BCUT2D eigenvalue weighted by Crippen LogP contribution is 2.29. The number of benzene rings is 1. The van der Waals surface area contributed by atoms with Gasteiger partial charge in [0.25, 0.3) is 5.91 Å². The van der Waals surface area contributed by atoms with Crippen LogP contribution in [-0.4, -0.2) is 42.6 Å². The topological polar surface area (TPSA) is 41.6 Å². The second kappa shape index (κ2) is 7.07. The lowest BCUT2D eigenvalue weighted by Gasteiger charge is -2.32. The Balaban J connectivity index is 1.40. The number of halogens is 2. The monoisotopic (exact) mass is 342 g/mol. The van der Waals surface area contributed by atoms with Crippen LogP contribution in [-0.2, 0) is 4.79 Å². The van der Waals surface area contributed by atoms with Crippen molar-refractivity contribution in [2.45, 2.75) is 37.8 Å². The fourth-order valence-electron chi connectivity index (χ4n) is 2.88. The highest BCUT2D eigenvalue weighted by molar-refractivity contribution is 6.34. The van der Waals surface area contributed by atoms with Gasteiger partial charge >= 0.3 is 0 Å². The quantitative estimate of drug-likeness (QED) is 0.893. The minimum Gasteiger partial charge on any atom is -0.484 e. The Labute approximate surface area is 140 Å². The maximum absolute atomic E-state index is 12.0. The Morgan fingerprint density at radius 1 is 1.14 bits per heavy atom. The van der Waals surface area contributed by atoms with E-state index in [-0.39, 0.29) is 18.6 Å². The van der Waals surface area contributed by atoms with E-state index in [0.717, 1.165) is 32.0 Å². The molecule has 2 aliphatic rings. The van der Waals surface area contributed by atoms with Crippen LogP contribution in [0.1, 0.15) is 25.7 Å². The van der Waals surface area contributed by atoms with Gasteiger partial charge < -0.3 is 15.0 Å². The molecule has 1 saturated heterocycles. The van der Waals surface area contributed by atoms with Gasteiger partial charge in [-0.15, -0.1) is 0 Å². The molecule has 1 amide bonds. The van der Waals surface area contributed by atoms with Crippen LogP contribution in [0.5, 0.6) is 5.75 Å². The molecule has 0 aromatic heterocycles. The zero-order valence-corrected chi connectivity index (χ0v) is 13.9. The van der Waals surface area contributed by atoms with Crippen molar-refractivity contribution in [1.29, 1.82) is 0 Å². The third kappa shape index (κ3) is 4.51. The second-order valence-corrected chi connectivity index (χ2v) is 6.88. The molecule has 22 heavy (non-hydrogen) atoms. The number of hydrogen-bond donors (Lipinski definition) is 1. The molecule has 1 aliphatic carbocycles. The number of likely N-dealkylation sites (tertiary alicyclic amines) is 1. The Morgan fingerprint density at radius 2 is 1.77 bits per heavy atom. The van der Waals surface area contributed by atoms with Crippen molar-refractivity contribution in [2.24, 2.45) is 0 Å². The molecule has 0 atom stereocenters. The summed E-state index contributed by atoms with van der Waals surface area (Å²) in [4.78, 5) is 14.5. The van der Waals surface area contributed by atoms with Crippen molar-refractivity contribution in [3.05, 3.63) is 28.2 Å². The summed E-state index contributed by atoms with van der Waals surface area (Å²) in [6.07, 6.45) is 4.72. The first-order valence-corrected chi connectivity index (χ1v) is 8.48. The Morgan fingerprint density at radius 3 is 2.36 bits per heavy atom. The average Bonchev–Trinajstić information content (AvgIpc) is 3.30. The molecular formula is C16H20Cl2N2O2. The normalized spacial score (nSPS) is 19.9. The molecule has 1 saturated carbocycles. The molecule has 1 aromatic rings. The Kier molecular flexibility index (Phi) is 5.11. The van der Waals surface area contributed by atoms with Gasteiger partial charge in [-0.05, 0) is 43.9 Å². The van der Waals surface area contributed by atoms with Crippen LogP contribution in [0.15, 0.2) is 18.2 Å². The van der Waals surface area contributed by atoms with E-state index >= 15 is 0 Å². The number of hydrogen-bond acceptors (Lipinski definition) is 3. The van der Waals surface area contributed by atoms with E-state index in [4.69, 9.17) is 27.9 Å². The lowest BCUT2D eigenvalue weighted by atomic mass is 10.0. The van der Waals surface area contributed by atoms with Gasteiger partial charge in [0.15, 0.2) is 6.61 Å². The number of carbonyl (C=O) groups excluding carboxylic acids is 1. The molecule has 0 unspecified atom stereocenters. The fourth-order valence-corrected chi connectivity index (χ4v) is 3.38. The van der Waals surface area contributed by atoms with E-state index in [9.17, 15) is 4.79 Å². The second-order valence-electron chi connectivity index (χ2n) is 6.00. The molecule has 4 nitrogen and oxygen atoms in total. The number of nitrogens with one attached hydrogen (secondary N) is 1. The maximum atomic E-state index is 12.0. The molecular weight excluding hydrogens is 323 g/mol. The molecule has 6 heteroatoms. The standard InChI is InChI=1S/C16H20Cl2N2O2/c17-11-7-12(18)9-15(8-11)22-10-16(21)19-13-3-5-20(6-4-13)14-1-2-14/h7-9,13-14H,1-6,10H2,(H,19,21). The first-order valence-electron chi connectivity index (χ1n) is 7.72. The van der Waals surface area contributed by atoms with E-state index in [2.05, 4.69) is 10.2 Å². The van der Waals surface area contributed by atoms with Crippen LogP contribution in [0.2, 0.25) is 10.0 Å². The third-order valence-corrected chi connectivity index (χ3v) is 4.60. The van der Waals surface area contributed by atoms with E-state index in [1.807, 2.05) is 0 Å². The van der Waals surface area contributed by atoms with Gasteiger partial charge in [0.1, 0.15) is 5.75 Å². The van der Waals surface area contributed by atoms with Crippen molar-refractivity contribution in [3.63, 3.8) is 0 Å². The summed E-state index contributed by atoms with van der Waals surface area (Å²) in [5.74, 6) is 0.414. The largest absolute Gasteiger partial charge is 0.484 e. The number of ether oxygens (including phenoxy) is 1. The van der Waals surface area contributed by atoms with Gasteiger partial charge in [-0.3, -0.25) is 4.79 Å². The molecule has 120 valence electrons. The number of nitrogens with zero attached hydrogens (tertiary/aromatic N) is 1. The lowest BCUT2D eigenvalue weighted by Crippen LogP contribution is -2.46. The lowest BCUT2D eigenvalue weighted by molar-refractivity contribution is -0.124. The predicted octanol–water partition coefficient (Wildman–Crippen LogP) is 3.12. The van der Waals surface area contributed by atoms with Gasteiger partial charge in [0, 0.05) is 35.2 Å². The summed E-state index contributed by atoms with van der Waals surface area (Å²) in [6, 6.07) is 5.99. The first-order chi connectivity index (χ1) is 10.6. The predicted molar refractivity (Wildman–Crippen MR) is 87.7 cm³/mol. The van der Waals surface area contributed by atoms with Gasteiger partial charge in [-0.1, -0.05) is 23.2 Å². The summed E-state index contributed by atoms with van der Waals surface area (Å²) in [5.41, 5.74) is 0. The van der Waals surface area contributed by atoms with Crippen LogP contribution in [0.25, 0.3) is 0 Å². The highest BCUT2D eigenvalue weighted by atomic mass is 35.5. The van der Waals surface area contributed by atoms with Crippen molar-refractivity contribution < 1.29 is 9.53 Å². The molecule has 3 rings (SSSR count). The van der Waals surface area contributed by atoms with Crippen LogP contribution >= 0.6 is 23.2 Å². The van der Waals surface area contributed by atoms with E-state index < -0.39 is 0 Å². The van der Waals surface area contributed by atoms with Crippen LogP contribution in [0.3, 0.4) is 0 Å². The molecule has 1 aliphatic heterocycles. The van der Waals surface area contributed by atoms with Crippen molar-refractivity contribution in [1.82, 2.24) is 10.2 Å². The maximum Gasteiger partial charge on any atom is 0.258 e. The Bertz CT molecular complexity index is 521. The van der Waals surface area contributed by atoms with Crippen LogP contribution in [0.4, 0.5) is 0 Å². The summed E-state index contributed by atoms with van der Waals surface area (Å²) in [7, 11) is 0. The molecule has 1 aromatic carbocycles. The van der Waals surface area contributed by atoms with E-state index in [0.29, 0.717) is 15.8 Å². The van der Waals surface area contributed by atoms with Gasteiger partial charge in [-0.25, -0.2) is 0 Å². The number of carbonyl (C=O) groups is 1. The van der Waals surface area contributed by atoms with Gasteiger partial charge in [0.05, 0.1) is 0 Å². The molecule has 2 fully saturated rings. The zero-order valence-electron chi connectivity index (χ0n) is 12.4. The highest BCUT2D eigenvalue weighted by Gasteiger charge is 2.32. The van der Waals surface area contributed by atoms with E-state index in [1.54, 1.807) is 18.2 Å². The summed E-state index contributed by atoms with van der Waals surface area (Å²) >= 11 is 11.8. The zero-order chi connectivity index (χ0) is 15.5. The molecule has 0 bridgehead atoms. The van der Waals surface area contributed by atoms with E-state index in [1.165, 1.54) is 12.8 Å².